The van der Waals surface area contributed by atoms with Crippen molar-refractivity contribution in [2.24, 2.45) is 16.8 Å². The quantitative estimate of drug-likeness (QED) is 0.418. The van der Waals surface area contributed by atoms with E-state index in [1.165, 1.54) is 19.3 Å². The molecule has 3 rings (SSSR count). The maximum atomic E-state index is 6.01. The Morgan fingerprint density at radius 3 is 2.55 bits per heavy atom. The van der Waals surface area contributed by atoms with Gasteiger partial charge in [0.15, 0.2) is 5.96 Å². The molecule has 1 unspecified atom stereocenters. The normalized spacial score (nSPS) is 26.9. The van der Waals surface area contributed by atoms with Gasteiger partial charge in [-0.3, -0.25) is 4.99 Å². The Bertz CT molecular complexity index is 349. The predicted octanol–water partition coefficient (Wildman–Crippen LogP) is 2.11. The minimum absolute atomic E-state index is 0. The zero-order chi connectivity index (χ0) is 14.5. The van der Waals surface area contributed by atoms with Gasteiger partial charge in [0.2, 0.25) is 0 Å². The van der Waals surface area contributed by atoms with Crippen LogP contribution in [0.5, 0.6) is 0 Å². The van der Waals surface area contributed by atoms with E-state index in [2.05, 4.69) is 15.2 Å². The van der Waals surface area contributed by atoms with Crippen LogP contribution in [0.15, 0.2) is 4.99 Å². The van der Waals surface area contributed by atoms with E-state index >= 15 is 0 Å². The second-order valence-corrected chi connectivity index (χ2v) is 6.62. The first-order chi connectivity index (χ1) is 10.3. The maximum Gasteiger partial charge on any atom is 0.193 e. The molecule has 2 aliphatic heterocycles. The average Bonchev–Trinajstić information content (AvgIpc) is 3.21. The summed E-state index contributed by atoms with van der Waals surface area (Å²) >= 11 is 0. The summed E-state index contributed by atoms with van der Waals surface area (Å²) in [6, 6.07) is 0. The standard InChI is InChI=1S/C16H29N3O2.HI/c1-17-16(18-10-14-6-9-20-11-14)19-7-4-15(5-8-19)21-12-13-2-3-13;/h13-15H,2-12H2,1H3,(H,17,18);1H. The molecule has 1 atom stereocenters. The van der Waals surface area contributed by atoms with E-state index in [1.807, 2.05) is 7.05 Å². The van der Waals surface area contributed by atoms with Crippen LogP contribution in [-0.2, 0) is 9.47 Å². The van der Waals surface area contributed by atoms with Crippen LogP contribution in [0.2, 0.25) is 0 Å². The summed E-state index contributed by atoms with van der Waals surface area (Å²) in [5.74, 6) is 2.55. The summed E-state index contributed by atoms with van der Waals surface area (Å²) < 4.78 is 11.4. The lowest BCUT2D eigenvalue weighted by Crippen LogP contribution is -2.48. The second-order valence-electron chi connectivity index (χ2n) is 6.62. The average molecular weight is 423 g/mol. The summed E-state index contributed by atoms with van der Waals surface area (Å²) in [7, 11) is 1.88. The highest BCUT2D eigenvalue weighted by Crippen LogP contribution is 2.30. The number of hydrogen-bond acceptors (Lipinski definition) is 3. The molecule has 1 N–H and O–H groups in total. The molecule has 128 valence electrons. The number of halogens is 1. The molecule has 5 nitrogen and oxygen atoms in total. The van der Waals surface area contributed by atoms with Crippen LogP contribution in [0.25, 0.3) is 0 Å². The number of aliphatic imine (C=N–C) groups is 1. The molecule has 0 bridgehead atoms. The van der Waals surface area contributed by atoms with Crippen LogP contribution >= 0.6 is 24.0 Å². The lowest BCUT2D eigenvalue weighted by molar-refractivity contribution is 0.0131. The summed E-state index contributed by atoms with van der Waals surface area (Å²) in [6.07, 6.45) is 6.63. The van der Waals surface area contributed by atoms with Gasteiger partial charge in [0.25, 0.3) is 0 Å². The van der Waals surface area contributed by atoms with Crippen molar-refractivity contribution in [3.8, 4) is 0 Å². The molecule has 1 aliphatic carbocycles. The molecular formula is C16H30IN3O2. The van der Waals surface area contributed by atoms with Crippen molar-refractivity contribution in [2.45, 2.75) is 38.2 Å². The Balaban J connectivity index is 0.00000176. The summed E-state index contributed by atoms with van der Waals surface area (Å²) in [6.45, 7) is 5.87. The molecule has 0 radical (unpaired) electrons. The number of likely N-dealkylation sites (tertiary alicyclic amines) is 1. The number of nitrogens with zero attached hydrogens (tertiary/aromatic N) is 2. The van der Waals surface area contributed by atoms with Crippen LogP contribution in [0, 0.1) is 11.8 Å². The van der Waals surface area contributed by atoms with Gasteiger partial charge in [0.05, 0.1) is 12.7 Å². The highest BCUT2D eigenvalue weighted by Gasteiger charge is 2.26. The molecule has 0 aromatic rings. The Hall–Kier alpha value is -0.0800. The van der Waals surface area contributed by atoms with Crippen LogP contribution < -0.4 is 5.32 Å². The number of rotatable bonds is 5. The third kappa shape index (κ3) is 5.53. The number of nitrogens with one attached hydrogen (secondary N) is 1. The Labute approximate surface area is 151 Å². The van der Waals surface area contributed by atoms with E-state index in [4.69, 9.17) is 9.47 Å². The third-order valence-corrected chi connectivity index (χ3v) is 4.79. The van der Waals surface area contributed by atoms with E-state index in [9.17, 15) is 0 Å². The van der Waals surface area contributed by atoms with Gasteiger partial charge in [-0.05, 0) is 38.0 Å². The van der Waals surface area contributed by atoms with Crippen LogP contribution in [0.3, 0.4) is 0 Å². The van der Waals surface area contributed by atoms with Crippen molar-refractivity contribution in [3.05, 3.63) is 0 Å². The van der Waals surface area contributed by atoms with Gasteiger partial charge in [0.1, 0.15) is 0 Å². The van der Waals surface area contributed by atoms with Crippen LogP contribution in [-0.4, -0.2) is 63.5 Å². The molecule has 6 heteroatoms. The summed E-state index contributed by atoms with van der Waals surface area (Å²) in [5, 5.41) is 3.51. The summed E-state index contributed by atoms with van der Waals surface area (Å²) in [4.78, 5) is 6.80. The van der Waals surface area contributed by atoms with Crippen LogP contribution in [0.4, 0.5) is 0 Å². The van der Waals surface area contributed by atoms with E-state index < -0.39 is 0 Å². The predicted molar refractivity (Wildman–Crippen MR) is 99.0 cm³/mol. The van der Waals surface area contributed by atoms with E-state index in [-0.39, 0.29) is 24.0 Å². The van der Waals surface area contributed by atoms with Gasteiger partial charge in [-0.2, -0.15) is 0 Å². The highest BCUT2D eigenvalue weighted by atomic mass is 127. The smallest absolute Gasteiger partial charge is 0.193 e. The second kappa shape index (κ2) is 9.27. The number of piperidine rings is 1. The molecule has 2 saturated heterocycles. The van der Waals surface area contributed by atoms with Gasteiger partial charge >= 0.3 is 0 Å². The third-order valence-electron chi connectivity index (χ3n) is 4.79. The largest absolute Gasteiger partial charge is 0.381 e. The molecule has 0 spiro atoms. The number of hydrogen-bond donors (Lipinski definition) is 1. The highest BCUT2D eigenvalue weighted by molar-refractivity contribution is 14.0. The number of ether oxygens (including phenoxy) is 2. The van der Waals surface area contributed by atoms with Crippen molar-refractivity contribution >= 4 is 29.9 Å². The van der Waals surface area contributed by atoms with E-state index in [0.717, 1.165) is 64.2 Å². The molecule has 0 aromatic carbocycles. The van der Waals surface area contributed by atoms with Crippen molar-refractivity contribution in [2.75, 3.05) is 46.5 Å². The first kappa shape index (κ1) is 18.3. The van der Waals surface area contributed by atoms with E-state index in [0.29, 0.717) is 12.0 Å². The Morgan fingerprint density at radius 1 is 1.18 bits per heavy atom. The molecule has 3 aliphatic rings. The molecule has 3 fully saturated rings. The van der Waals surface area contributed by atoms with Crippen LogP contribution in [0.1, 0.15) is 32.1 Å². The molecule has 0 amide bonds. The maximum absolute atomic E-state index is 6.01. The molecule has 22 heavy (non-hydrogen) atoms. The molecule has 2 heterocycles. The SMILES string of the molecule is CN=C(NCC1CCOC1)N1CCC(OCC2CC2)CC1.I. The summed E-state index contributed by atoms with van der Waals surface area (Å²) in [5.41, 5.74) is 0. The van der Waals surface area contributed by atoms with Gasteiger partial charge in [-0.1, -0.05) is 0 Å². The fraction of sp³-hybridized carbons (Fsp3) is 0.938. The lowest BCUT2D eigenvalue weighted by Gasteiger charge is -2.34. The topological polar surface area (TPSA) is 46.1 Å². The van der Waals surface area contributed by atoms with Crippen molar-refractivity contribution in [1.82, 2.24) is 10.2 Å². The zero-order valence-corrected chi connectivity index (χ0v) is 16.0. The first-order valence-electron chi connectivity index (χ1n) is 8.50. The minimum atomic E-state index is 0. The van der Waals surface area contributed by atoms with Crippen molar-refractivity contribution in [3.63, 3.8) is 0 Å². The van der Waals surface area contributed by atoms with Crippen molar-refractivity contribution in [1.29, 1.82) is 0 Å². The fourth-order valence-corrected chi connectivity index (χ4v) is 3.10. The fourth-order valence-electron chi connectivity index (χ4n) is 3.10. The zero-order valence-electron chi connectivity index (χ0n) is 13.6. The lowest BCUT2D eigenvalue weighted by atomic mass is 10.1. The van der Waals surface area contributed by atoms with Gasteiger partial charge in [-0.15, -0.1) is 24.0 Å². The molecule has 1 saturated carbocycles. The van der Waals surface area contributed by atoms with Gasteiger partial charge in [0, 0.05) is 45.8 Å². The van der Waals surface area contributed by atoms with Crippen molar-refractivity contribution < 1.29 is 9.47 Å². The molecule has 0 aromatic heterocycles. The van der Waals surface area contributed by atoms with Gasteiger partial charge in [-0.25, -0.2) is 0 Å². The Morgan fingerprint density at radius 2 is 1.95 bits per heavy atom. The first-order valence-corrected chi connectivity index (χ1v) is 8.50. The monoisotopic (exact) mass is 423 g/mol. The number of guanidine groups is 1. The van der Waals surface area contributed by atoms with E-state index in [1.54, 1.807) is 0 Å². The van der Waals surface area contributed by atoms with Gasteiger partial charge < -0.3 is 19.7 Å². The Kier molecular flexibility index (Phi) is 7.70. The molecular weight excluding hydrogens is 393 g/mol. The minimum Gasteiger partial charge on any atom is -0.381 e.